The first kappa shape index (κ1) is 11.6. The van der Waals surface area contributed by atoms with Gasteiger partial charge in [0.1, 0.15) is 4.47 Å². The van der Waals surface area contributed by atoms with Crippen LogP contribution in [0, 0.1) is 5.92 Å². The molecule has 0 aromatic carbocycles. The zero-order valence-corrected chi connectivity index (χ0v) is 10.7. The Bertz CT molecular complexity index is 425. The fraction of sp³-hybridized carbons (Fsp3) is 0.600. The predicted octanol–water partition coefficient (Wildman–Crippen LogP) is 0.564. The smallest absolute Gasteiger partial charge is 0.282 e. The Labute approximate surface area is 102 Å². The normalized spacial score (nSPS) is 20.0. The number of aromatic nitrogens is 2. The van der Waals surface area contributed by atoms with E-state index in [1.807, 2.05) is 0 Å². The number of anilines is 1. The largest absolute Gasteiger partial charge is 0.382 e. The molecular weight excluding hydrogens is 272 g/mol. The topological polar surface area (TPSA) is 59.0 Å². The van der Waals surface area contributed by atoms with Gasteiger partial charge in [-0.2, -0.15) is 5.10 Å². The minimum absolute atomic E-state index is 0.116. The fourth-order valence-corrected chi connectivity index (χ4v) is 2.28. The number of hydrogen-bond acceptors (Lipinski definition) is 4. The van der Waals surface area contributed by atoms with Crippen molar-refractivity contribution in [3.8, 4) is 0 Å². The van der Waals surface area contributed by atoms with Gasteiger partial charge in [-0.25, -0.2) is 4.68 Å². The Hall–Kier alpha value is -0.880. The van der Waals surface area contributed by atoms with Crippen molar-refractivity contribution in [3.63, 3.8) is 0 Å². The highest BCUT2D eigenvalue weighted by atomic mass is 79.9. The molecule has 0 radical (unpaired) electrons. The molecule has 1 unspecified atom stereocenters. The maximum Gasteiger partial charge on any atom is 0.282 e. The predicted molar refractivity (Wildman–Crippen MR) is 66.6 cm³/mol. The quantitative estimate of drug-likeness (QED) is 0.853. The molecule has 1 saturated heterocycles. The first-order valence-corrected chi connectivity index (χ1v) is 6.14. The lowest BCUT2D eigenvalue weighted by Crippen LogP contribution is -2.23. The first-order chi connectivity index (χ1) is 7.68. The average molecular weight is 287 g/mol. The molecule has 2 N–H and O–H groups in total. The van der Waals surface area contributed by atoms with Crippen molar-refractivity contribution in [3.05, 3.63) is 21.0 Å². The molecule has 2 rings (SSSR count). The second kappa shape index (κ2) is 4.97. The number of aryl methyl sites for hydroxylation is 1. The van der Waals surface area contributed by atoms with E-state index in [0.717, 1.165) is 25.3 Å². The number of rotatable bonds is 3. The minimum Gasteiger partial charge on any atom is -0.382 e. The summed E-state index contributed by atoms with van der Waals surface area (Å²) >= 11 is 3.29. The third-order valence-corrected chi connectivity index (χ3v) is 3.59. The summed E-state index contributed by atoms with van der Waals surface area (Å²) in [5.74, 6) is 0.635. The van der Waals surface area contributed by atoms with Crippen molar-refractivity contribution in [2.75, 3.05) is 25.0 Å². The molecule has 2 heterocycles. The van der Waals surface area contributed by atoms with Crippen molar-refractivity contribution in [1.82, 2.24) is 15.1 Å². The average Bonchev–Trinajstić information content (AvgIpc) is 2.78. The minimum atomic E-state index is -0.116. The van der Waals surface area contributed by atoms with Crippen LogP contribution in [0.15, 0.2) is 15.5 Å². The summed E-state index contributed by atoms with van der Waals surface area (Å²) in [6.45, 7) is 3.01. The van der Waals surface area contributed by atoms with Crippen LogP contribution >= 0.6 is 15.9 Å². The second-order valence-electron chi connectivity index (χ2n) is 4.04. The Kier molecular flexibility index (Phi) is 3.60. The molecule has 1 aromatic rings. The summed E-state index contributed by atoms with van der Waals surface area (Å²) in [4.78, 5) is 11.6. The maximum atomic E-state index is 11.6. The number of hydrogen-bond donors (Lipinski definition) is 2. The standard InChI is InChI=1S/C10H15BrN4O/c1-15-10(16)9(11)8(6-14-15)13-5-7-2-3-12-4-7/h6-7,12-13H,2-5H2,1H3. The first-order valence-electron chi connectivity index (χ1n) is 5.35. The van der Waals surface area contributed by atoms with Gasteiger partial charge in [-0.15, -0.1) is 0 Å². The molecule has 0 saturated carbocycles. The number of halogens is 1. The fourth-order valence-electron chi connectivity index (χ4n) is 1.78. The van der Waals surface area contributed by atoms with E-state index in [1.165, 1.54) is 11.1 Å². The van der Waals surface area contributed by atoms with Gasteiger partial charge in [0.2, 0.25) is 0 Å². The monoisotopic (exact) mass is 286 g/mol. The van der Waals surface area contributed by atoms with Crippen LogP contribution in [0.3, 0.4) is 0 Å². The Morgan fingerprint density at radius 3 is 3.25 bits per heavy atom. The SMILES string of the molecule is Cn1ncc(NCC2CCNC2)c(Br)c1=O. The number of nitrogens with one attached hydrogen (secondary N) is 2. The summed E-state index contributed by atoms with van der Waals surface area (Å²) < 4.78 is 1.86. The Morgan fingerprint density at radius 2 is 2.56 bits per heavy atom. The zero-order chi connectivity index (χ0) is 11.5. The molecule has 0 amide bonds. The van der Waals surface area contributed by atoms with Gasteiger partial charge < -0.3 is 10.6 Å². The lowest BCUT2D eigenvalue weighted by Gasteiger charge is -2.12. The lowest BCUT2D eigenvalue weighted by molar-refractivity contribution is 0.613. The molecule has 1 aliphatic heterocycles. The van der Waals surface area contributed by atoms with Gasteiger partial charge >= 0.3 is 0 Å². The maximum absolute atomic E-state index is 11.6. The molecule has 1 atom stereocenters. The van der Waals surface area contributed by atoms with Gasteiger partial charge in [-0.05, 0) is 41.4 Å². The number of nitrogens with zero attached hydrogens (tertiary/aromatic N) is 2. The summed E-state index contributed by atoms with van der Waals surface area (Å²) in [5, 5.41) is 10.6. The van der Waals surface area contributed by atoms with Crippen molar-refractivity contribution in [2.45, 2.75) is 6.42 Å². The van der Waals surface area contributed by atoms with Gasteiger partial charge in [0.05, 0.1) is 11.9 Å². The van der Waals surface area contributed by atoms with Gasteiger partial charge in [0.25, 0.3) is 5.56 Å². The van der Waals surface area contributed by atoms with Crippen LogP contribution in [0.4, 0.5) is 5.69 Å². The molecule has 6 heteroatoms. The third-order valence-electron chi connectivity index (χ3n) is 2.82. The highest BCUT2D eigenvalue weighted by Gasteiger charge is 2.15. The van der Waals surface area contributed by atoms with E-state index < -0.39 is 0 Å². The van der Waals surface area contributed by atoms with E-state index in [2.05, 4.69) is 31.7 Å². The second-order valence-corrected chi connectivity index (χ2v) is 4.83. The van der Waals surface area contributed by atoms with Crippen LogP contribution in [-0.4, -0.2) is 29.4 Å². The molecule has 0 spiro atoms. The van der Waals surface area contributed by atoms with Gasteiger partial charge in [0, 0.05) is 13.6 Å². The molecule has 1 fully saturated rings. The van der Waals surface area contributed by atoms with Gasteiger partial charge in [-0.1, -0.05) is 0 Å². The third kappa shape index (κ3) is 2.44. The molecule has 16 heavy (non-hydrogen) atoms. The Morgan fingerprint density at radius 1 is 1.75 bits per heavy atom. The zero-order valence-electron chi connectivity index (χ0n) is 9.16. The van der Waals surface area contributed by atoms with Crippen LogP contribution in [0.1, 0.15) is 6.42 Å². The van der Waals surface area contributed by atoms with Crippen LogP contribution < -0.4 is 16.2 Å². The van der Waals surface area contributed by atoms with Crippen LogP contribution in [-0.2, 0) is 7.05 Å². The highest BCUT2D eigenvalue weighted by Crippen LogP contribution is 2.17. The summed E-state index contributed by atoms with van der Waals surface area (Å²) in [6.07, 6.45) is 2.86. The Balaban J connectivity index is 2.04. The van der Waals surface area contributed by atoms with E-state index in [1.54, 1.807) is 13.2 Å². The van der Waals surface area contributed by atoms with Crippen LogP contribution in [0.5, 0.6) is 0 Å². The van der Waals surface area contributed by atoms with Gasteiger partial charge in [0.15, 0.2) is 0 Å². The van der Waals surface area contributed by atoms with Crippen LogP contribution in [0.2, 0.25) is 0 Å². The van der Waals surface area contributed by atoms with E-state index in [9.17, 15) is 4.79 Å². The highest BCUT2D eigenvalue weighted by molar-refractivity contribution is 9.10. The van der Waals surface area contributed by atoms with Crippen molar-refractivity contribution in [1.29, 1.82) is 0 Å². The van der Waals surface area contributed by atoms with E-state index >= 15 is 0 Å². The molecule has 0 bridgehead atoms. The molecule has 1 aromatic heterocycles. The summed E-state index contributed by atoms with van der Waals surface area (Å²) in [6, 6.07) is 0. The van der Waals surface area contributed by atoms with E-state index in [-0.39, 0.29) is 5.56 Å². The van der Waals surface area contributed by atoms with Gasteiger partial charge in [-0.3, -0.25) is 4.79 Å². The van der Waals surface area contributed by atoms with E-state index in [4.69, 9.17) is 0 Å². The molecule has 88 valence electrons. The summed E-state index contributed by atoms with van der Waals surface area (Å²) in [7, 11) is 1.64. The van der Waals surface area contributed by atoms with Crippen molar-refractivity contribution >= 4 is 21.6 Å². The summed E-state index contributed by atoms with van der Waals surface area (Å²) in [5.41, 5.74) is 0.657. The molecule has 1 aliphatic rings. The van der Waals surface area contributed by atoms with Crippen molar-refractivity contribution < 1.29 is 0 Å². The van der Waals surface area contributed by atoms with Crippen LogP contribution in [0.25, 0.3) is 0 Å². The molecular formula is C10H15BrN4O. The lowest BCUT2D eigenvalue weighted by atomic mass is 10.1. The molecule has 5 nitrogen and oxygen atoms in total. The van der Waals surface area contributed by atoms with Crippen molar-refractivity contribution in [2.24, 2.45) is 13.0 Å². The molecule has 0 aliphatic carbocycles. The van der Waals surface area contributed by atoms with E-state index in [0.29, 0.717) is 10.4 Å².